The standard InChI is InChI=1S/C13H19N3O3/c1-9(15-8-12(17)14-2)13(18)16-10-5-4-6-11(7-10)19-3/h4-7,9,15H,8H2,1-3H3,(H,14,17)(H,16,18)/p+1/t9-/m0/s1. The maximum atomic E-state index is 11.9. The number of hydrogen-bond acceptors (Lipinski definition) is 3. The van der Waals surface area contributed by atoms with Crippen LogP contribution < -0.4 is 20.7 Å². The second-order valence-electron chi connectivity index (χ2n) is 4.12. The molecule has 0 saturated heterocycles. The van der Waals surface area contributed by atoms with Crippen LogP contribution in [0.25, 0.3) is 0 Å². The van der Waals surface area contributed by atoms with E-state index in [9.17, 15) is 9.59 Å². The highest BCUT2D eigenvalue weighted by atomic mass is 16.5. The van der Waals surface area contributed by atoms with Gasteiger partial charge in [-0.2, -0.15) is 0 Å². The molecule has 0 heterocycles. The van der Waals surface area contributed by atoms with Gasteiger partial charge < -0.3 is 20.7 Å². The van der Waals surface area contributed by atoms with Gasteiger partial charge in [0, 0.05) is 18.8 Å². The molecule has 0 aliphatic carbocycles. The van der Waals surface area contributed by atoms with Gasteiger partial charge in [-0.05, 0) is 19.1 Å². The number of hydrogen-bond donors (Lipinski definition) is 3. The first kappa shape index (κ1) is 15.0. The molecule has 6 nitrogen and oxygen atoms in total. The minimum Gasteiger partial charge on any atom is -0.497 e. The predicted molar refractivity (Wildman–Crippen MR) is 71.9 cm³/mol. The van der Waals surface area contributed by atoms with E-state index in [2.05, 4.69) is 10.6 Å². The Kier molecular flexibility index (Phi) is 5.81. The number of quaternary nitrogens is 1. The van der Waals surface area contributed by atoms with Crippen LogP contribution in [0.2, 0.25) is 0 Å². The van der Waals surface area contributed by atoms with Gasteiger partial charge in [0.25, 0.3) is 11.8 Å². The van der Waals surface area contributed by atoms with E-state index in [1.165, 1.54) is 0 Å². The molecular weight excluding hydrogens is 246 g/mol. The Hall–Kier alpha value is -2.08. The average molecular weight is 266 g/mol. The molecule has 4 N–H and O–H groups in total. The number of likely N-dealkylation sites (N-methyl/N-ethyl adjacent to an activating group) is 1. The van der Waals surface area contributed by atoms with Crippen molar-refractivity contribution in [1.29, 1.82) is 0 Å². The van der Waals surface area contributed by atoms with Crippen molar-refractivity contribution in [2.45, 2.75) is 13.0 Å². The molecule has 1 atom stereocenters. The van der Waals surface area contributed by atoms with Crippen LogP contribution in [-0.2, 0) is 9.59 Å². The molecule has 1 rings (SSSR count). The summed E-state index contributed by atoms with van der Waals surface area (Å²) in [7, 11) is 3.14. The lowest BCUT2D eigenvalue weighted by Crippen LogP contribution is -2.93. The lowest BCUT2D eigenvalue weighted by atomic mass is 10.2. The Morgan fingerprint density at radius 1 is 1.42 bits per heavy atom. The number of nitrogens with one attached hydrogen (secondary N) is 2. The third kappa shape index (κ3) is 4.97. The fourth-order valence-corrected chi connectivity index (χ4v) is 1.45. The van der Waals surface area contributed by atoms with E-state index in [0.29, 0.717) is 11.4 Å². The van der Waals surface area contributed by atoms with E-state index in [0.717, 1.165) is 0 Å². The molecule has 0 aromatic heterocycles. The van der Waals surface area contributed by atoms with Gasteiger partial charge in [0.15, 0.2) is 12.6 Å². The van der Waals surface area contributed by atoms with Crippen molar-refractivity contribution >= 4 is 17.5 Å². The second-order valence-corrected chi connectivity index (χ2v) is 4.12. The number of benzene rings is 1. The molecule has 0 saturated carbocycles. The molecule has 0 spiro atoms. The molecular formula is C13H20N3O3+. The maximum absolute atomic E-state index is 11.9. The highest BCUT2D eigenvalue weighted by Crippen LogP contribution is 2.16. The monoisotopic (exact) mass is 266 g/mol. The highest BCUT2D eigenvalue weighted by Gasteiger charge is 2.17. The van der Waals surface area contributed by atoms with Gasteiger partial charge in [0.1, 0.15) is 5.75 Å². The molecule has 0 aliphatic rings. The normalized spacial score (nSPS) is 11.5. The van der Waals surface area contributed by atoms with Gasteiger partial charge in [-0.1, -0.05) is 6.07 Å². The maximum Gasteiger partial charge on any atom is 0.282 e. The van der Waals surface area contributed by atoms with E-state index in [1.807, 2.05) is 0 Å². The first-order valence-corrected chi connectivity index (χ1v) is 6.05. The number of carbonyl (C=O) groups is 2. The van der Waals surface area contributed by atoms with Crippen LogP contribution in [0.15, 0.2) is 24.3 Å². The Bertz CT molecular complexity index is 449. The van der Waals surface area contributed by atoms with Crippen molar-refractivity contribution in [3.05, 3.63) is 24.3 Å². The average Bonchev–Trinajstić information content (AvgIpc) is 2.44. The third-order valence-corrected chi connectivity index (χ3v) is 2.69. The summed E-state index contributed by atoms with van der Waals surface area (Å²) in [4.78, 5) is 23.0. The summed E-state index contributed by atoms with van der Waals surface area (Å²) < 4.78 is 5.08. The van der Waals surface area contributed by atoms with E-state index in [4.69, 9.17) is 4.74 Å². The first-order chi connectivity index (χ1) is 9.06. The van der Waals surface area contributed by atoms with Gasteiger partial charge in [0.05, 0.1) is 7.11 Å². The number of anilines is 1. The van der Waals surface area contributed by atoms with E-state index in [-0.39, 0.29) is 24.4 Å². The van der Waals surface area contributed by atoms with Crippen LogP contribution in [0.5, 0.6) is 5.75 Å². The molecule has 0 radical (unpaired) electrons. The van der Waals surface area contributed by atoms with Gasteiger partial charge in [-0.15, -0.1) is 0 Å². The van der Waals surface area contributed by atoms with Crippen LogP contribution in [0.1, 0.15) is 6.92 Å². The summed E-state index contributed by atoms with van der Waals surface area (Å²) in [6, 6.07) is 6.78. The summed E-state index contributed by atoms with van der Waals surface area (Å²) in [5.41, 5.74) is 0.671. The van der Waals surface area contributed by atoms with Gasteiger partial charge in [-0.25, -0.2) is 0 Å². The molecule has 1 aromatic rings. The number of ether oxygens (including phenoxy) is 1. The molecule has 6 heteroatoms. The molecule has 104 valence electrons. The van der Waals surface area contributed by atoms with Crippen molar-refractivity contribution in [2.24, 2.45) is 0 Å². The summed E-state index contributed by atoms with van der Waals surface area (Å²) in [6.45, 7) is 1.97. The van der Waals surface area contributed by atoms with Gasteiger partial charge in [0.2, 0.25) is 0 Å². The topological polar surface area (TPSA) is 84.0 Å². The van der Waals surface area contributed by atoms with E-state index < -0.39 is 0 Å². The minimum atomic E-state index is -0.344. The smallest absolute Gasteiger partial charge is 0.282 e. The van der Waals surface area contributed by atoms with Crippen molar-refractivity contribution in [2.75, 3.05) is 26.0 Å². The highest BCUT2D eigenvalue weighted by molar-refractivity contribution is 5.93. The zero-order valence-corrected chi connectivity index (χ0v) is 11.4. The van der Waals surface area contributed by atoms with Crippen LogP contribution >= 0.6 is 0 Å². The zero-order valence-electron chi connectivity index (χ0n) is 11.4. The number of nitrogens with two attached hydrogens (primary N) is 1. The molecule has 0 fully saturated rings. The van der Waals surface area contributed by atoms with Crippen LogP contribution in [0, 0.1) is 0 Å². The Balaban J connectivity index is 2.51. The Morgan fingerprint density at radius 2 is 2.16 bits per heavy atom. The lowest BCUT2D eigenvalue weighted by Gasteiger charge is -2.11. The second kappa shape index (κ2) is 7.38. The van der Waals surface area contributed by atoms with Gasteiger partial charge >= 0.3 is 0 Å². The largest absolute Gasteiger partial charge is 0.497 e. The van der Waals surface area contributed by atoms with Crippen molar-refractivity contribution < 1.29 is 19.6 Å². The van der Waals surface area contributed by atoms with Crippen molar-refractivity contribution in [1.82, 2.24) is 5.32 Å². The molecule has 0 unspecified atom stereocenters. The molecule has 0 aliphatic heterocycles. The Labute approximate surface area is 112 Å². The molecule has 0 bridgehead atoms. The summed E-state index contributed by atoms with van der Waals surface area (Å²) in [5, 5.41) is 6.96. The van der Waals surface area contributed by atoms with Crippen molar-refractivity contribution in [3.8, 4) is 5.75 Å². The molecule has 19 heavy (non-hydrogen) atoms. The predicted octanol–water partition coefficient (Wildman–Crippen LogP) is -0.668. The summed E-state index contributed by atoms with van der Waals surface area (Å²) >= 11 is 0. The Morgan fingerprint density at radius 3 is 2.79 bits per heavy atom. The molecule has 1 aromatic carbocycles. The van der Waals surface area contributed by atoms with Crippen LogP contribution in [0.4, 0.5) is 5.69 Å². The summed E-state index contributed by atoms with van der Waals surface area (Å²) in [5.74, 6) is 0.415. The lowest BCUT2D eigenvalue weighted by molar-refractivity contribution is -0.662. The SMILES string of the molecule is CNC(=O)C[NH2+][C@@H](C)C(=O)Nc1cccc(OC)c1. The van der Waals surface area contributed by atoms with Gasteiger partial charge in [-0.3, -0.25) is 9.59 Å². The minimum absolute atomic E-state index is 0.110. The van der Waals surface area contributed by atoms with Crippen molar-refractivity contribution in [3.63, 3.8) is 0 Å². The van der Waals surface area contributed by atoms with Crippen LogP contribution in [0.3, 0.4) is 0 Å². The fraction of sp³-hybridized carbons (Fsp3) is 0.385. The van der Waals surface area contributed by atoms with Crippen LogP contribution in [-0.4, -0.2) is 38.6 Å². The number of methoxy groups -OCH3 is 1. The fourth-order valence-electron chi connectivity index (χ4n) is 1.45. The molecule has 2 amide bonds. The summed E-state index contributed by atoms with van der Waals surface area (Å²) in [6.07, 6.45) is 0. The third-order valence-electron chi connectivity index (χ3n) is 2.69. The van der Waals surface area contributed by atoms with E-state index >= 15 is 0 Å². The number of rotatable bonds is 6. The zero-order chi connectivity index (χ0) is 14.3. The van der Waals surface area contributed by atoms with E-state index in [1.54, 1.807) is 50.7 Å². The quantitative estimate of drug-likeness (QED) is 0.638. The number of amides is 2. The number of carbonyl (C=O) groups excluding carboxylic acids is 2. The first-order valence-electron chi connectivity index (χ1n) is 6.05.